The van der Waals surface area contributed by atoms with Gasteiger partial charge in [-0.2, -0.15) is 4.31 Å². The predicted octanol–water partition coefficient (Wildman–Crippen LogP) is 3.32. The maximum atomic E-state index is 12.7. The molecule has 2 aromatic carbocycles. The van der Waals surface area contributed by atoms with Crippen molar-refractivity contribution in [1.29, 1.82) is 0 Å². The number of hydrogen-bond donors (Lipinski definition) is 2. The maximum absolute atomic E-state index is 12.7. The van der Waals surface area contributed by atoms with Crippen LogP contribution in [0.1, 0.15) is 26.7 Å². The molecule has 0 unspecified atom stereocenters. The summed E-state index contributed by atoms with van der Waals surface area (Å²) >= 11 is 0. The van der Waals surface area contributed by atoms with Crippen LogP contribution in [0.2, 0.25) is 0 Å². The summed E-state index contributed by atoms with van der Waals surface area (Å²) in [6.45, 7) is 4.23. The molecule has 1 aliphatic rings. The maximum Gasteiger partial charge on any atom is 0.243 e. The zero-order chi connectivity index (χ0) is 21.7. The van der Waals surface area contributed by atoms with Crippen molar-refractivity contribution < 1.29 is 18.0 Å². The van der Waals surface area contributed by atoms with Gasteiger partial charge in [-0.15, -0.1) is 0 Å². The fraction of sp³-hybridized carbons (Fsp3) is 0.364. The summed E-state index contributed by atoms with van der Waals surface area (Å²) in [6, 6.07) is 15.3. The number of piperidine rings is 1. The number of sulfonamides is 1. The minimum absolute atomic E-state index is 0.0922. The van der Waals surface area contributed by atoms with E-state index in [1.807, 2.05) is 13.8 Å². The molecule has 0 atom stereocenters. The molecule has 1 fully saturated rings. The van der Waals surface area contributed by atoms with Crippen molar-refractivity contribution in [2.24, 2.45) is 11.8 Å². The highest BCUT2D eigenvalue weighted by Crippen LogP contribution is 2.25. The molecule has 1 heterocycles. The summed E-state index contributed by atoms with van der Waals surface area (Å²) in [6.07, 6.45) is 0.920. The third-order valence-electron chi connectivity index (χ3n) is 5.13. The quantitative estimate of drug-likeness (QED) is 0.736. The fourth-order valence-corrected chi connectivity index (χ4v) is 4.80. The monoisotopic (exact) mass is 429 g/mol. The van der Waals surface area contributed by atoms with Crippen LogP contribution < -0.4 is 10.6 Å². The molecule has 3 rings (SSSR count). The number of benzene rings is 2. The normalized spacial score (nSPS) is 15.7. The summed E-state index contributed by atoms with van der Waals surface area (Å²) < 4.78 is 26.9. The number of amides is 2. The van der Waals surface area contributed by atoms with Crippen molar-refractivity contribution in [2.45, 2.75) is 31.6 Å². The van der Waals surface area contributed by atoms with E-state index < -0.39 is 10.0 Å². The number of rotatable bonds is 6. The summed E-state index contributed by atoms with van der Waals surface area (Å²) in [4.78, 5) is 24.8. The van der Waals surface area contributed by atoms with E-state index in [9.17, 15) is 18.0 Å². The SMILES string of the molecule is CC(C)C(=O)Nc1cccc(NC(=O)C2CCN(S(=O)(=O)c3ccccc3)CC2)c1. The second kappa shape index (κ2) is 9.40. The van der Waals surface area contributed by atoms with Gasteiger partial charge in [0.25, 0.3) is 0 Å². The molecule has 8 heteroatoms. The Morgan fingerprint density at radius 3 is 2.13 bits per heavy atom. The first-order valence-electron chi connectivity index (χ1n) is 10.0. The van der Waals surface area contributed by atoms with Crippen molar-refractivity contribution >= 4 is 33.2 Å². The molecule has 2 aromatic rings. The Morgan fingerprint density at radius 2 is 1.53 bits per heavy atom. The lowest BCUT2D eigenvalue weighted by Gasteiger charge is -2.30. The summed E-state index contributed by atoms with van der Waals surface area (Å²) in [7, 11) is -3.53. The van der Waals surface area contributed by atoms with Crippen LogP contribution in [0, 0.1) is 11.8 Å². The molecule has 0 bridgehead atoms. The van der Waals surface area contributed by atoms with Crippen molar-refractivity contribution in [3.8, 4) is 0 Å². The first kappa shape index (κ1) is 22.0. The Balaban J connectivity index is 1.58. The molecule has 7 nitrogen and oxygen atoms in total. The number of carbonyl (C=O) groups excluding carboxylic acids is 2. The lowest BCUT2D eigenvalue weighted by molar-refractivity contribution is -0.121. The van der Waals surface area contributed by atoms with Crippen LogP contribution in [0.4, 0.5) is 11.4 Å². The molecule has 0 spiro atoms. The number of nitrogens with zero attached hydrogens (tertiary/aromatic N) is 1. The van der Waals surface area contributed by atoms with Gasteiger partial charge in [-0.25, -0.2) is 8.42 Å². The van der Waals surface area contributed by atoms with E-state index in [1.54, 1.807) is 54.6 Å². The van der Waals surface area contributed by atoms with Crippen LogP contribution in [-0.4, -0.2) is 37.6 Å². The lowest BCUT2D eigenvalue weighted by atomic mass is 9.97. The van der Waals surface area contributed by atoms with Crippen LogP contribution in [0.15, 0.2) is 59.5 Å². The van der Waals surface area contributed by atoms with Crippen molar-refractivity contribution in [1.82, 2.24) is 4.31 Å². The second-order valence-electron chi connectivity index (χ2n) is 7.71. The molecule has 2 amide bonds. The van der Waals surface area contributed by atoms with E-state index in [0.717, 1.165) is 0 Å². The molecular formula is C22H27N3O4S. The van der Waals surface area contributed by atoms with E-state index in [0.29, 0.717) is 37.3 Å². The second-order valence-corrected chi connectivity index (χ2v) is 9.64. The van der Waals surface area contributed by atoms with E-state index in [2.05, 4.69) is 10.6 Å². The zero-order valence-electron chi connectivity index (χ0n) is 17.2. The van der Waals surface area contributed by atoms with Gasteiger partial charge in [-0.1, -0.05) is 38.1 Å². The minimum Gasteiger partial charge on any atom is -0.326 e. The highest BCUT2D eigenvalue weighted by atomic mass is 32.2. The third kappa shape index (κ3) is 5.25. The average Bonchev–Trinajstić information content (AvgIpc) is 2.74. The molecule has 0 saturated carbocycles. The molecule has 0 radical (unpaired) electrons. The molecule has 1 aliphatic heterocycles. The van der Waals surface area contributed by atoms with Crippen LogP contribution in [0.3, 0.4) is 0 Å². The number of carbonyl (C=O) groups is 2. The van der Waals surface area contributed by atoms with Gasteiger partial charge < -0.3 is 10.6 Å². The summed E-state index contributed by atoms with van der Waals surface area (Å²) in [5.41, 5.74) is 1.22. The van der Waals surface area contributed by atoms with E-state index in [-0.39, 0.29) is 28.5 Å². The first-order chi connectivity index (χ1) is 14.3. The summed E-state index contributed by atoms with van der Waals surface area (Å²) in [5.74, 6) is -0.633. The average molecular weight is 430 g/mol. The van der Waals surface area contributed by atoms with E-state index in [1.165, 1.54) is 4.31 Å². The highest BCUT2D eigenvalue weighted by molar-refractivity contribution is 7.89. The number of nitrogens with one attached hydrogen (secondary N) is 2. The Bertz CT molecular complexity index is 998. The predicted molar refractivity (Wildman–Crippen MR) is 116 cm³/mol. The molecule has 0 aliphatic carbocycles. The Labute approximate surface area is 177 Å². The van der Waals surface area contributed by atoms with Crippen LogP contribution in [0.25, 0.3) is 0 Å². The molecule has 160 valence electrons. The Hall–Kier alpha value is -2.71. The molecule has 30 heavy (non-hydrogen) atoms. The smallest absolute Gasteiger partial charge is 0.243 e. The fourth-order valence-electron chi connectivity index (χ4n) is 3.31. The van der Waals surface area contributed by atoms with Gasteiger partial charge in [0.15, 0.2) is 0 Å². The van der Waals surface area contributed by atoms with Gasteiger partial charge >= 0.3 is 0 Å². The first-order valence-corrected chi connectivity index (χ1v) is 11.5. The van der Waals surface area contributed by atoms with Crippen molar-refractivity contribution in [3.05, 3.63) is 54.6 Å². The van der Waals surface area contributed by atoms with Crippen LogP contribution in [-0.2, 0) is 19.6 Å². The van der Waals surface area contributed by atoms with Gasteiger partial charge in [-0.05, 0) is 43.2 Å². The van der Waals surface area contributed by atoms with Gasteiger partial charge in [0, 0.05) is 36.3 Å². The summed E-state index contributed by atoms with van der Waals surface area (Å²) in [5, 5.41) is 5.69. The topological polar surface area (TPSA) is 95.6 Å². The van der Waals surface area contributed by atoms with Gasteiger partial charge in [0.2, 0.25) is 21.8 Å². The van der Waals surface area contributed by atoms with Crippen LogP contribution >= 0.6 is 0 Å². The van der Waals surface area contributed by atoms with E-state index >= 15 is 0 Å². The van der Waals surface area contributed by atoms with E-state index in [4.69, 9.17) is 0 Å². The molecule has 1 saturated heterocycles. The molecular weight excluding hydrogens is 402 g/mol. The zero-order valence-corrected chi connectivity index (χ0v) is 18.0. The Kier molecular flexibility index (Phi) is 6.89. The van der Waals surface area contributed by atoms with Gasteiger partial charge in [0.05, 0.1) is 4.90 Å². The molecule has 0 aromatic heterocycles. The third-order valence-corrected chi connectivity index (χ3v) is 7.04. The molecule has 2 N–H and O–H groups in total. The van der Waals surface area contributed by atoms with Gasteiger partial charge in [-0.3, -0.25) is 9.59 Å². The standard InChI is InChI=1S/C22H27N3O4S/c1-16(2)21(26)23-18-7-6-8-19(15-18)24-22(27)17-11-13-25(14-12-17)30(28,29)20-9-4-3-5-10-20/h3-10,15-17H,11-14H2,1-2H3,(H,23,26)(H,24,27). The number of anilines is 2. The Morgan fingerprint density at radius 1 is 0.933 bits per heavy atom. The highest BCUT2D eigenvalue weighted by Gasteiger charge is 2.32. The van der Waals surface area contributed by atoms with Crippen molar-refractivity contribution in [2.75, 3.05) is 23.7 Å². The lowest BCUT2D eigenvalue weighted by Crippen LogP contribution is -2.41. The van der Waals surface area contributed by atoms with Crippen molar-refractivity contribution in [3.63, 3.8) is 0 Å². The largest absolute Gasteiger partial charge is 0.326 e. The van der Waals surface area contributed by atoms with Gasteiger partial charge in [0.1, 0.15) is 0 Å². The minimum atomic E-state index is -3.53. The number of hydrogen-bond acceptors (Lipinski definition) is 4. The van der Waals surface area contributed by atoms with Crippen LogP contribution in [0.5, 0.6) is 0 Å².